The molecular weight excluding hydrogens is 309 g/mol. The fourth-order valence-corrected chi connectivity index (χ4v) is 2.38. The van der Waals surface area contributed by atoms with Crippen LogP contribution in [0.2, 0.25) is 0 Å². The summed E-state index contributed by atoms with van der Waals surface area (Å²) >= 11 is 0. The number of carbonyl (C=O) groups excluding carboxylic acids is 1. The van der Waals surface area contributed by atoms with Gasteiger partial charge in [0.25, 0.3) is 0 Å². The zero-order valence-corrected chi connectivity index (χ0v) is 14.0. The maximum absolute atomic E-state index is 11.9. The number of nitrogens with one attached hydrogen (secondary N) is 2. The summed E-state index contributed by atoms with van der Waals surface area (Å²) in [6, 6.07) is 10.2. The molecule has 120 valence electrons. The third kappa shape index (κ3) is 6.55. The number of likely N-dealkylation sites (N-methyl/N-ethyl adjacent to an activating group) is 1. The first kappa shape index (κ1) is 20.0. The molecule has 0 aliphatic carbocycles. The number of rotatable bonds is 5. The molecule has 6 heteroatoms. The standard InChI is InChI=1S/C15H23N3O.2ClH/c1-18(14-7-3-2-4-8-14)11-10-17-15(19)13-6-5-9-16-12-13;;/h2-4,7-8,13,16H,5-6,9-12H2,1H3,(H,17,19);2*1H. The largest absolute Gasteiger partial charge is 0.373 e. The molecule has 2 N–H and O–H groups in total. The summed E-state index contributed by atoms with van der Waals surface area (Å²) in [4.78, 5) is 14.1. The van der Waals surface area contributed by atoms with E-state index in [1.165, 1.54) is 5.69 Å². The molecule has 1 atom stereocenters. The molecule has 1 aromatic carbocycles. The van der Waals surface area contributed by atoms with E-state index in [0.29, 0.717) is 6.54 Å². The number of nitrogens with zero attached hydrogens (tertiary/aromatic N) is 1. The molecule has 1 unspecified atom stereocenters. The maximum atomic E-state index is 11.9. The SMILES string of the molecule is CN(CCNC(=O)C1CCCNC1)c1ccccc1.Cl.Cl. The minimum atomic E-state index is 0. The molecule has 0 bridgehead atoms. The van der Waals surface area contributed by atoms with Crippen LogP contribution in [0, 0.1) is 5.92 Å². The quantitative estimate of drug-likeness (QED) is 0.867. The summed E-state index contributed by atoms with van der Waals surface area (Å²) < 4.78 is 0. The predicted molar refractivity (Wildman–Crippen MR) is 92.8 cm³/mol. The van der Waals surface area contributed by atoms with Gasteiger partial charge in [0.15, 0.2) is 0 Å². The normalized spacial score (nSPS) is 17.1. The van der Waals surface area contributed by atoms with Crippen LogP contribution in [0.3, 0.4) is 0 Å². The van der Waals surface area contributed by atoms with Gasteiger partial charge in [-0.25, -0.2) is 0 Å². The Hall–Kier alpha value is -0.970. The average Bonchev–Trinajstić information content (AvgIpc) is 2.49. The Balaban J connectivity index is 0.00000200. The van der Waals surface area contributed by atoms with Crippen LogP contribution in [0.25, 0.3) is 0 Å². The highest BCUT2D eigenvalue weighted by molar-refractivity contribution is 5.85. The fraction of sp³-hybridized carbons (Fsp3) is 0.533. The van der Waals surface area contributed by atoms with Crippen molar-refractivity contribution in [3.63, 3.8) is 0 Å². The monoisotopic (exact) mass is 333 g/mol. The highest BCUT2D eigenvalue weighted by Crippen LogP contribution is 2.11. The molecule has 1 aliphatic rings. The van der Waals surface area contributed by atoms with E-state index in [0.717, 1.165) is 32.5 Å². The third-order valence-electron chi connectivity index (χ3n) is 3.61. The van der Waals surface area contributed by atoms with Crippen LogP contribution in [0.5, 0.6) is 0 Å². The zero-order valence-electron chi connectivity index (χ0n) is 12.4. The van der Waals surface area contributed by atoms with Crippen molar-refractivity contribution < 1.29 is 4.79 Å². The first-order chi connectivity index (χ1) is 9.27. The summed E-state index contributed by atoms with van der Waals surface area (Å²) in [7, 11) is 2.05. The zero-order chi connectivity index (χ0) is 13.5. The number of piperidine rings is 1. The van der Waals surface area contributed by atoms with Crippen molar-refractivity contribution in [2.45, 2.75) is 12.8 Å². The van der Waals surface area contributed by atoms with Gasteiger partial charge < -0.3 is 15.5 Å². The number of hydrogen-bond donors (Lipinski definition) is 2. The molecule has 1 saturated heterocycles. The summed E-state index contributed by atoms with van der Waals surface area (Å²) in [5, 5.41) is 6.30. The van der Waals surface area contributed by atoms with Crippen molar-refractivity contribution in [2.75, 3.05) is 38.1 Å². The Morgan fingerprint density at radius 1 is 1.33 bits per heavy atom. The summed E-state index contributed by atoms with van der Waals surface area (Å²) in [5.41, 5.74) is 1.18. The maximum Gasteiger partial charge on any atom is 0.224 e. The van der Waals surface area contributed by atoms with E-state index in [4.69, 9.17) is 0 Å². The molecule has 4 nitrogen and oxygen atoms in total. The van der Waals surface area contributed by atoms with Gasteiger partial charge in [-0.3, -0.25) is 4.79 Å². The van der Waals surface area contributed by atoms with Crippen LogP contribution in [0.1, 0.15) is 12.8 Å². The Bertz CT molecular complexity index is 397. The lowest BCUT2D eigenvalue weighted by atomic mass is 9.99. The van der Waals surface area contributed by atoms with Crippen LogP contribution in [0.4, 0.5) is 5.69 Å². The minimum absolute atomic E-state index is 0. The predicted octanol–water partition coefficient (Wildman–Crippen LogP) is 2.08. The first-order valence-corrected chi connectivity index (χ1v) is 7.02. The molecular formula is C15H25Cl2N3O. The molecule has 0 saturated carbocycles. The van der Waals surface area contributed by atoms with Crippen LogP contribution >= 0.6 is 24.8 Å². The summed E-state index contributed by atoms with van der Waals surface area (Å²) in [6.07, 6.45) is 2.11. The van der Waals surface area contributed by atoms with E-state index in [9.17, 15) is 4.79 Å². The number of benzene rings is 1. The Labute approximate surface area is 139 Å². The molecule has 21 heavy (non-hydrogen) atoms. The Morgan fingerprint density at radius 2 is 2.05 bits per heavy atom. The van der Waals surface area contributed by atoms with Crippen molar-refractivity contribution in [3.8, 4) is 0 Å². The number of para-hydroxylation sites is 1. The van der Waals surface area contributed by atoms with E-state index in [2.05, 4.69) is 27.7 Å². The number of anilines is 1. The van der Waals surface area contributed by atoms with Crippen LogP contribution in [-0.4, -0.2) is 39.1 Å². The van der Waals surface area contributed by atoms with Crippen molar-refractivity contribution in [2.24, 2.45) is 5.92 Å². The third-order valence-corrected chi connectivity index (χ3v) is 3.61. The molecule has 0 radical (unpaired) electrons. The van der Waals surface area contributed by atoms with E-state index >= 15 is 0 Å². The number of carbonyl (C=O) groups is 1. The second-order valence-electron chi connectivity index (χ2n) is 5.09. The van der Waals surface area contributed by atoms with E-state index in [-0.39, 0.29) is 36.6 Å². The second-order valence-corrected chi connectivity index (χ2v) is 5.09. The lowest BCUT2D eigenvalue weighted by molar-refractivity contribution is -0.125. The number of hydrogen-bond acceptors (Lipinski definition) is 3. The van der Waals surface area contributed by atoms with Gasteiger partial charge in [0.2, 0.25) is 5.91 Å². The van der Waals surface area contributed by atoms with Crippen molar-refractivity contribution in [1.29, 1.82) is 0 Å². The van der Waals surface area contributed by atoms with Crippen molar-refractivity contribution >= 4 is 36.4 Å². The van der Waals surface area contributed by atoms with Gasteiger partial charge in [-0.15, -0.1) is 24.8 Å². The Morgan fingerprint density at radius 3 is 2.67 bits per heavy atom. The lowest BCUT2D eigenvalue weighted by Crippen LogP contribution is -2.42. The van der Waals surface area contributed by atoms with E-state index in [1.807, 2.05) is 25.2 Å². The molecule has 1 aromatic rings. The molecule has 1 amide bonds. The smallest absolute Gasteiger partial charge is 0.224 e. The van der Waals surface area contributed by atoms with E-state index in [1.54, 1.807) is 0 Å². The highest BCUT2D eigenvalue weighted by atomic mass is 35.5. The molecule has 0 aromatic heterocycles. The van der Waals surface area contributed by atoms with Crippen molar-refractivity contribution in [3.05, 3.63) is 30.3 Å². The summed E-state index contributed by atoms with van der Waals surface area (Å²) in [5.74, 6) is 0.337. The molecule has 0 spiro atoms. The van der Waals surface area contributed by atoms with Gasteiger partial charge in [0, 0.05) is 32.4 Å². The van der Waals surface area contributed by atoms with Crippen molar-refractivity contribution in [1.82, 2.24) is 10.6 Å². The fourth-order valence-electron chi connectivity index (χ4n) is 2.38. The van der Waals surface area contributed by atoms with Crippen LogP contribution in [0.15, 0.2) is 30.3 Å². The molecule has 1 heterocycles. The Kier molecular flexibility index (Phi) is 10.2. The van der Waals surface area contributed by atoms with Crippen LogP contribution in [-0.2, 0) is 4.79 Å². The second kappa shape index (κ2) is 10.7. The van der Waals surface area contributed by atoms with Gasteiger partial charge in [0.1, 0.15) is 0 Å². The number of amides is 1. The molecule has 2 rings (SSSR count). The van der Waals surface area contributed by atoms with Gasteiger partial charge in [-0.2, -0.15) is 0 Å². The van der Waals surface area contributed by atoms with Gasteiger partial charge >= 0.3 is 0 Å². The topological polar surface area (TPSA) is 44.4 Å². The van der Waals surface area contributed by atoms with Crippen LogP contribution < -0.4 is 15.5 Å². The van der Waals surface area contributed by atoms with Gasteiger partial charge in [0.05, 0.1) is 5.92 Å². The summed E-state index contributed by atoms with van der Waals surface area (Å²) in [6.45, 7) is 3.39. The van der Waals surface area contributed by atoms with Gasteiger partial charge in [-0.05, 0) is 31.5 Å². The van der Waals surface area contributed by atoms with Gasteiger partial charge in [-0.1, -0.05) is 18.2 Å². The van der Waals surface area contributed by atoms with E-state index < -0.39 is 0 Å². The molecule has 1 fully saturated rings. The lowest BCUT2D eigenvalue weighted by Gasteiger charge is -2.23. The molecule has 1 aliphatic heterocycles. The minimum Gasteiger partial charge on any atom is -0.373 e. The highest BCUT2D eigenvalue weighted by Gasteiger charge is 2.20. The average molecular weight is 334 g/mol. The number of halogens is 2. The first-order valence-electron chi connectivity index (χ1n) is 7.02.